The van der Waals surface area contributed by atoms with Gasteiger partial charge in [-0.3, -0.25) is 14.9 Å². The Morgan fingerprint density at radius 2 is 2.15 bits per heavy atom. The maximum Gasteiger partial charge on any atom is 0.273 e. The average molecular weight is 272 g/mol. The standard InChI is InChI=1S/C14H13N3O3/c1-10-12(5-2-6-13(10)17(19)20)14(18)16-9-11-4-3-7-15-8-11/h2-8H,9H2,1H3,(H,16,18)/p+1. The zero-order valence-corrected chi connectivity index (χ0v) is 10.9. The molecule has 2 aromatic rings. The number of aromatic amines is 1. The fraction of sp³-hybridized carbons (Fsp3) is 0.143. The third kappa shape index (κ3) is 2.97. The van der Waals surface area contributed by atoms with Crippen LogP contribution in [-0.2, 0) is 6.54 Å². The van der Waals surface area contributed by atoms with Crippen molar-refractivity contribution in [3.05, 3.63) is 69.5 Å². The van der Waals surface area contributed by atoms with E-state index < -0.39 is 4.92 Å². The van der Waals surface area contributed by atoms with Crippen molar-refractivity contribution in [1.29, 1.82) is 0 Å². The van der Waals surface area contributed by atoms with Crippen LogP contribution < -0.4 is 10.3 Å². The second kappa shape index (κ2) is 5.92. The molecule has 0 aliphatic heterocycles. The number of benzene rings is 1. The number of rotatable bonds is 4. The van der Waals surface area contributed by atoms with Crippen LogP contribution in [0.5, 0.6) is 0 Å². The second-order valence-corrected chi connectivity index (χ2v) is 4.30. The van der Waals surface area contributed by atoms with Crippen molar-refractivity contribution in [2.45, 2.75) is 13.5 Å². The van der Waals surface area contributed by atoms with E-state index in [-0.39, 0.29) is 11.6 Å². The quantitative estimate of drug-likeness (QED) is 0.678. The smallest absolute Gasteiger partial charge is 0.273 e. The van der Waals surface area contributed by atoms with Crippen molar-refractivity contribution < 1.29 is 14.7 Å². The van der Waals surface area contributed by atoms with Crippen LogP contribution >= 0.6 is 0 Å². The van der Waals surface area contributed by atoms with Gasteiger partial charge in [-0.25, -0.2) is 4.98 Å². The molecule has 0 aliphatic rings. The highest BCUT2D eigenvalue weighted by molar-refractivity contribution is 5.96. The normalized spacial score (nSPS) is 10.1. The van der Waals surface area contributed by atoms with E-state index in [0.717, 1.165) is 5.56 Å². The summed E-state index contributed by atoms with van der Waals surface area (Å²) in [5.41, 5.74) is 1.56. The van der Waals surface area contributed by atoms with Crippen molar-refractivity contribution in [1.82, 2.24) is 5.32 Å². The molecular weight excluding hydrogens is 258 g/mol. The van der Waals surface area contributed by atoms with Crippen LogP contribution in [0.15, 0.2) is 42.7 Å². The number of aromatic nitrogens is 1. The zero-order chi connectivity index (χ0) is 14.5. The van der Waals surface area contributed by atoms with E-state index in [1.165, 1.54) is 12.1 Å². The molecule has 0 saturated carbocycles. The van der Waals surface area contributed by atoms with Gasteiger partial charge in [0.25, 0.3) is 11.6 Å². The van der Waals surface area contributed by atoms with Crippen molar-refractivity contribution in [2.24, 2.45) is 0 Å². The zero-order valence-electron chi connectivity index (χ0n) is 10.9. The molecule has 0 bridgehead atoms. The number of nitrogens with zero attached hydrogens (tertiary/aromatic N) is 1. The average Bonchev–Trinajstić information content (AvgIpc) is 2.46. The summed E-state index contributed by atoms with van der Waals surface area (Å²) >= 11 is 0. The number of carbonyl (C=O) groups excluding carboxylic acids is 1. The highest BCUT2D eigenvalue weighted by Gasteiger charge is 2.17. The number of H-pyrrole nitrogens is 1. The lowest BCUT2D eigenvalue weighted by Crippen LogP contribution is -2.24. The van der Waals surface area contributed by atoms with Gasteiger partial charge in [0.05, 0.1) is 4.92 Å². The summed E-state index contributed by atoms with van der Waals surface area (Å²) in [4.78, 5) is 25.3. The Balaban J connectivity index is 2.14. The lowest BCUT2D eigenvalue weighted by molar-refractivity contribution is -0.385. The van der Waals surface area contributed by atoms with Gasteiger partial charge in [0, 0.05) is 35.4 Å². The molecular formula is C14H14N3O3+. The van der Waals surface area contributed by atoms with Gasteiger partial charge >= 0.3 is 0 Å². The first-order valence-electron chi connectivity index (χ1n) is 6.07. The summed E-state index contributed by atoms with van der Waals surface area (Å²) in [5.74, 6) is -0.324. The van der Waals surface area contributed by atoms with Crippen LogP contribution in [0.4, 0.5) is 5.69 Å². The minimum absolute atomic E-state index is 0.0503. The van der Waals surface area contributed by atoms with E-state index in [9.17, 15) is 14.9 Å². The van der Waals surface area contributed by atoms with Crippen LogP contribution in [0.2, 0.25) is 0 Å². The Kier molecular flexibility index (Phi) is 4.05. The van der Waals surface area contributed by atoms with Crippen molar-refractivity contribution in [3.63, 3.8) is 0 Å². The van der Waals surface area contributed by atoms with Gasteiger partial charge in [0.2, 0.25) is 0 Å². The van der Waals surface area contributed by atoms with Gasteiger partial charge < -0.3 is 5.32 Å². The molecule has 0 unspecified atom stereocenters. The molecule has 20 heavy (non-hydrogen) atoms. The molecule has 6 nitrogen and oxygen atoms in total. The number of amides is 1. The lowest BCUT2D eigenvalue weighted by atomic mass is 10.1. The summed E-state index contributed by atoms with van der Waals surface area (Å²) in [7, 11) is 0. The van der Waals surface area contributed by atoms with Crippen LogP contribution in [0, 0.1) is 17.0 Å². The van der Waals surface area contributed by atoms with E-state index in [4.69, 9.17) is 0 Å². The Hall–Kier alpha value is -2.76. The first-order valence-corrected chi connectivity index (χ1v) is 6.07. The molecule has 1 amide bonds. The number of nitrogens with one attached hydrogen (secondary N) is 2. The maximum atomic E-state index is 12.1. The minimum atomic E-state index is -0.488. The maximum absolute atomic E-state index is 12.1. The molecule has 0 radical (unpaired) electrons. The molecule has 0 fully saturated rings. The van der Waals surface area contributed by atoms with Gasteiger partial charge in [-0.2, -0.15) is 0 Å². The van der Waals surface area contributed by atoms with E-state index >= 15 is 0 Å². The van der Waals surface area contributed by atoms with Gasteiger partial charge in [0.1, 0.15) is 0 Å². The molecule has 102 valence electrons. The lowest BCUT2D eigenvalue weighted by Gasteiger charge is -2.07. The van der Waals surface area contributed by atoms with E-state index in [1.807, 2.05) is 12.1 Å². The first-order chi connectivity index (χ1) is 9.59. The number of hydrogen-bond acceptors (Lipinski definition) is 3. The number of hydrogen-bond donors (Lipinski definition) is 1. The number of nitro groups is 1. The van der Waals surface area contributed by atoms with Gasteiger partial charge in [0.15, 0.2) is 12.4 Å². The van der Waals surface area contributed by atoms with Gasteiger partial charge in [-0.15, -0.1) is 0 Å². The first kappa shape index (κ1) is 13.7. The molecule has 0 aliphatic carbocycles. The van der Waals surface area contributed by atoms with Crippen molar-refractivity contribution >= 4 is 11.6 Å². The van der Waals surface area contributed by atoms with Crippen LogP contribution in [-0.4, -0.2) is 10.8 Å². The van der Waals surface area contributed by atoms with Crippen molar-refractivity contribution in [2.75, 3.05) is 0 Å². The summed E-state index contributed by atoms with van der Waals surface area (Å²) in [5, 5.41) is 13.6. The summed E-state index contributed by atoms with van der Waals surface area (Å²) < 4.78 is 0. The van der Waals surface area contributed by atoms with E-state index in [0.29, 0.717) is 17.7 Å². The van der Waals surface area contributed by atoms with Gasteiger partial charge in [-0.05, 0) is 19.1 Å². The molecule has 0 saturated heterocycles. The van der Waals surface area contributed by atoms with Crippen molar-refractivity contribution in [3.8, 4) is 0 Å². The molecule has 2 N–H and O–H groups in total. The highest BCUT2D eigenvalue weighted by atomic mass is 16.6. The molecule has 6 heteroatoms. The predicted octanol–water partition coefficient (Wildman–Crippen LogP) is 1.65. The number of pyridine rings is 1. The highest BCUT2D eigenvalue weighted by Crippen LogP contribution is 2.20. The summed E-state index contributed by atoms with van der Waals surface area (Å²) in [6.45, 7) is 1.93. The minimum Gasteiger partial charge on any atom is -0.348 e. The predicted molar refractivity (Wildman–Crippen MR) is 72.0 cm³/mol. The Labute approximate surface area is 115 Å². The van der Waals surface area contributed by atoms with Crippen LogP contribution in [0.1, 0.15) is 21.5 Å². The van der Waals surface area contributed by atoms with Crippen LogP contribution in [0.3, 0.4) is 0 Å². The monoisotopic (exact) mass is 272 g/mol. The molecule has 1 aromatic heterocycles. The van der Waals surface area contributed by atoms with E-state index in [1.54, 1.807) is 25.4 Å². The van der Waals surface area contributed by atoms with Gasteiger partial charge in [-0.1, -0.05) is 6.07 Å². The molecule has 0 atom stereocenters. The Bertz CT molecular complexity index is 641. The number of carbonyl (C=O) groups is 1. The molecule has 1 aromatic carbocycles. The topological polar surface area (TPSA) is 86.4 Å². The molecule has 0 spiro atoms. The third-order valence-electron chi connectivity index (χ3n) is 2.97. The van der Waals surface area contributed by atoms with E-state index in [2.05, 4.69) is 10.3 Å². The summed E-state index contributed by atoms with van der Waals surface area (Å²) in [6.07, 6.45) is 3.55. The Morgan fingerprint density at radius 1 is 1.35 bits per heavy atom. The fourth-order valence-electron chi connectivity index (χ4n) is 1.89. The van der Waals surface area contributed by atoms with Crippen LogP contribution in [0.25, 0.3) is 0 Å². The SMILES string of the molecule is Cc1c(C(=O)NCc2ccc[nH+]c2)cccc1[N+](=O)[O-]. The molecule has 2 rings (SSSR count). The Morgan fingerprint density at radius 3 is 2.80 bits per heavy atom. The molecule has 1 heterocycles. The summed E-state index contributed by atoms with van der Waals surface area (Å²) in [6, 6.07) is 8.18. The largest absolute Gasteiger partial charge is 0.348 e. The fourth-order valence-corrected chi connectivity index (χ4v) is 1.89. The third-order valence-corrected chi connectivity index (χ3v) is 2.97. The second-order valence-electron chi connectivity index (χ2n) is 4.30. The number of nitro benzene ring substituents is 1.